The number of rotatable bonds is 3. The van der Waals surface area contributed by atoms with E-state index in [1.54, 1.807) is 0 Å². The van der Waals surface area contributed by atoms with E-state index in [-0.39, 0.29) is 21.9 Å². The van der Waals surface area contributed by atoms with Gasteiger partial charge in [0.05, 0.1) is 11.1 Å². The minimum atomic E-state index is -0.389. The summed E-state index contributed by atoms with van der Waals surface area (Å²) in [6, 6.07) is 6.48. The predicted octanol–water partition coefficient (Wildman–Crippen LogP) is 4.22. The topological polar surface area (TPSA) is 35.5 Å². The van der Waals surface area contributed by atoms with Crippen molar-refractivity contribution < 1.29 is 5.21 Å². The first kappa shape index (κ1) is 17.8. The Morgan fingerprint density at radius 2 is 1.68 bits per heavy atom. The Balaban J connectivity index is 2.32. The Bertz CT molecular complexity index is 561. The largest absolute Gasteiger partial charge is 0.312 e. The summed E-state index contributed by atoms with van der Waals surface area (Å²) < 4.78 is 0. The molecular formula is C18H30N2OS. The normalized spacial score (nSPS) is 21.7. The minimum absolute atomic E-state index is 0.0842. The average molecular weight is 323 g/mol. The Hall–Kier alpha value is -0.550. The first-order valence-corrected chi connectivity index (χ1v) is 8.46. The van der Waals surface area contributed by atoms with Crippen molar-refractivity contribution in [1.29, 1.82) is 0 Å². The molecule has 1 aromatic rings. The average Bonchev–Trinajstić information content (AvgIpc) is 2.54. The SMILES string of the molecule is CC(C)(C)NCC(S)c1ccc2c(c1)C(C)(C)N(O)C2(C)C. The summed E-state index contributed by atoms with van der Waals surface area (Å²) in [5, 5.41) is 15.6. The van der Waals surface area contributed by atoms with Crippen LogP contribution in [0.15, 0.2) is 18.2 Å². The van der Waals surface area contributed by atoms with Crippen LogP contribution in [0.3, 0.4) is 0 Å². The van der Waals surface area contributed by atoms with Gasteiger partial charge in [-0.05, 0) is 65.2 Å². The van der Waals surface area contributed by atoms with Crippen molar-refractivity contribution in [3.05, 3.63) is 34.9 Å². The fourth-order valence-electron chi connectivity index (χ4n) is 3.26. The molecule has 0 spiro atoms. The van der Waals surface area contributed by atoms with E-state index in [4.69, 9.17) is 12.6 Å². The van der Waals surface area contributed by atoms with Crippen molar-refractivity contribution in [1.82, 2.24) is 10.4 Å². The molecule has 1 aliphatic rings. The van der Waals surface area contributed by atoms with Crippen LogP contribution >= 0.6 is 12.6 Å². The zero-order valence-corrected chi connectivity index (χ0v) is 15.8. The van der Waals surface area contributed by atoms with E-state index in [2.05, 4.69) is 72.0 Å². The molecule has 0 radical (unpaired) electrons. The highest BCUT2D eigenvalue weighted by Gasteiger charge is 2.48. The maximum Gasteiger partial charge on any atom is 0.0665 e. The number of hydrogen-bond donors (Lipinski definition) is 3. The van der Waals surface area contributed by atoms with Gasteiger partial charge in [-0.15, -0.1) is 0 Å². The molecule has 0 aliphatic carbocycles. The van der Waals surface area contributed by atoms with Gasteiger partial charge in [-0.25, -0.2) is 0 Å². The second-order valence-corrected chi connectivity index (χ2v) is 9.00. The molecule has 0 aromatic heterocycles. The number of fused-ring (bicyclic) bond motifs is 1. The first-order valence-electron chi connectivity index (χ1n) is 7.94. The molecule has 3 nitrogen and oxygen atoms in total. The number of nitrogens with zero attached hydrogens (tertiary/aromatic N) is 1. The van der Waals surface area contributed by atoms with Crippen molar-refractivity contribution in [2.75, 3.05) is 6.54 Å². The quantitative estimate of drug-likeness (QED) is 0.729. The molecule has 1 aliphatic heterocycles. The van der Waals surface area contributed by atoms with E-state index in [1.807, 2.05) is 0 Å². The fraction of sp³-hybridized carbons (Fsp3) is 0.667. The Labute approximate surface area is 140 Å². The van der Waals surface area contributed by atoms with Crippen LogP contribution in [-0.4, -0.2) is 22.4 Å². The van der Waals surface area contributed by atoms with Gasteiger partial charge in [0.2, 0.25) is 0 Å². The zero-order chi connectivity index (χ0) is 16.9. The van der Waals surface area contributed by atoms with Crippen LogP contribution in [0.2, 0.25) is 0 Å². The molecule has 0 saturated carbocycles. The second-order valence-electron chi connectivity index (χ2n) is 8.38. The standard InChI is InChI=1S/C18H30N2OS/c1-16(2,3)19-11-15(22)12-8-9-13-14(10-12)18(6,7)20(21)17(13,4)5/h8-10,15,19,21-22H,11H2,1-7H3. The maximum atomic E-state index is 10.5. The van der Waals surface area contributed by atoms with Crippen LogP contribution in [0, 0.1) is 0 Å². The smallest absolute Gasteiger partial charge is 0.0665 e. The molecule has 0 bridgehead atoms. The van der Waals surface area contributed by atoms with Gasteiger partial charge < -0.3 is 10.5 Å². The van der Waals surface area contributed by atoms with Gasteiger partial charge in [-0.2, -0.15) is 17.7 Å². The predicted molar refractivity (Wildman–Crippen MR) is 95.6 cm³/mol. The van der Waals surface area contributed by atoms with Gasteiger partial charge in [-0.1, -0.05) is 18.2 Å². The number of hydroxylamine groups is 2. The fourth-order valence-corrected chi connectivity index (χ4v) is 3.51. The molecule has 124 valence electrons. The molecule has 0 amide bonds. The van der Waals surface area contributed by atoms with Crippen LogP contribution < -0.4 is 5.32 Å². The van der Waals surface area contributed by atoms with Crippen LogP contribution in [-0.2, 0) is 11.1 Å². The summed E-state index contributed by atoms with van der Waals surface area (Å²) in [6.07, 6.45) is 0. The lowest BCUT2D eigenvalue weighted by atomic mass is 9.88. The first-order chi connectivity index (χ1) is 9.87. The van der Waals surface area contributed by atoms with E-state index in [0.29, 0.717) is 0 Å². The second kappa shape index (κ2) is 5.52. The monoisotopic (exact) mass is 322 g/mol. The van der Waals surface area contributed by atoms with Gasteiger partial charge in [-0.3, -0.25) is 0 Å². The van der Waals surface area contributed by atoms with Gasteiger partial charge in [0, 0.05) is 17.3 Å². The number of nitrogens with one attached hydrogen (secondary N) is 1. The van der Waals surface area contributed by atoms with Crippen LogP contribution in [0.25, 0.3) is 0 Å². The molecule has 2 rings (SSSR count). The van der Waals surface area contributed by atoms with Gasteiger partial charge >= 0.3 is 0 Å². The molecule has 0 fully saturated rings. The van der Waals surface area contributed by atoms with E-state index < -0.39 is 0 Å². The molecule has 4 heteroatoms. The molecule has 1 aromatic carbocycles. The Morgan fingerprint density at radius 3 is 2.23 bits per heavy atom. The van der Waals surface area contributed by atoms with E-state index in [1.165, 1.54) is 21.8 Å². The lowest BCUT2D eigenvalue weighted by Gasteiger charge is -2.34. The third kappa shape index (κ3) is 3.07. The van der Waals surface area contributed by atoms with Crippen LogP contribution in [0.1, 0.15) is 70.4 Å². The lowest BCUT2D eigenvalue weighted by molar-refractivity contribution is -0.216. The number of hydrogen-bond acceptors (Lipinski definition) is 4. The Morgan fingerprint density at radius 1 is 1.14 bits per heavy atom. The summed E-state index contributed by atoms with van der Waals surface area (Å²) in [6.45, 7) is 15.5. The Kier molecular flexibility index (Phi) is 4.46. The molecular weight excluding hydrogens is 292 g/mol. The highest BCUT2D eigenvalue weighted by molar-refractivity contribution is 7.80. The van der Waals surface area contributed by atoms with Crippen molar-refractivity contribution in [2.24, 2.45) is 0 Å². The molecule has 0 saturated heterocycles. The molecule has 1 unspecified atom stereocenters. The van der Waals surface area contributed by atoms with Gasteiger partial charge in [0.15, 0.2) is 0 Å². The highest BCUT2D eigenvalue weighted by Crippen LogP contribution is 2.48. The molecule has 1 heterocycles. The maximum absolute atomic E-state index is 10.5. The summed E-state index contributed by atoms with van der Waals surface area (Å²) >= 11 is 4.76. The van der Waals surface area contributed by atoms with Crippen molar-refractivity contribution in [2.45, 2.75) is 70.3 Å². The van der Waals surface area contributed by atoms with Crippen molar-refractivity contribution in [3.8, 4) is 0 Å². The van der Waals surface area contributed by atoms with Crippen LogP contribution in [0.4, 0.5) is 0 Å². The summed E-state index contributed by atoms with van der Waals surface area (Å²) in [5.74, 6) is 0. The van der Waals surface area contributed by atoms with Crippen LogP contribution in [0.5, 0.6) is 0 Å². The van der Waals surface area contributed by atoms with E-state index in [0.717, 1.165) is 6.54 Å². The summed E-state index contributed by atoms with van der Waals surface area (Å²) in [5.41, 5.74) is 2.90. The minimum Gasteiger partial charge on any atom is -0.312 e. The van der Waals surface area contributed by atoms with Gasteiger partial charge in [0.25, 0.3) is 0 Å². The van der Waals surface area contributed by atoms with E-state index >= 15 is 0 Å². The molecule has 1 atom stereocenters. The highest BCUT2D eigenvalue weighted by atomic mass is 32.1. The third-order valence-corrected chi connectivity index (χ3v) is 5.11. The van der Waals surface area contributed by atoms with Crippen molar-refractivity contribution in [3.63, 3.8) is 0 Å². The van der Waals surface area contributed by atoms with E-state index in [9.17, 15) is 5.21 Å². The third-order valence-electron chi connectivity index (χ3n) is 4.63. The summed E-state index contributed by atoms with van der Waals surface area (Å²) in [7, 11) is 0. The lowest BCUT2D eigenvalue weighted by Crippen LogP contribution is -2.42. The molecule has 22 heavy (non-hydrogen) atoms. The number of benzene rings is 1. The molecule has 2 N–H and O–H groups in total. The van der Waals surface area contributed by atoms with Crippen molar-refractivity contribution >= 4 is 12.6 Å². The number of thiol groups is 1. The van der Waals surface area contributed by atoms with Gasteiger partial charge in [0.1, 0.15) is 0 Å². The summed E-state index contributed by atoms with van der Waals surface area (Å²) in [4.78, 5) is 0. The zero-order valence-electron chi connectivity index (χ0n) is 14.9.